The van der Waals surface area contributed by atoms with Crippen LogP contribution in [0, 0.1) is 6.92 Å². The van der Waals surface area contributed by atoms with Crippen molar-refractivity contribution in [2.24, 2.45) is 4.99 Å². The zero-order valence-corrected chi connectivity index (χ0v) is 19.2. The number of aliphatic imine (C=N–C) groups is 1. The van der Waals surface area contributed by atoms with Crippen molar-refractivity contribution < 1.29 is 8.42 Å². The predicted molar refractivity (Wildman–Crippen MR) is 119 cm³/mol. The van der Waals surface area contributed by atoms with Crippen LogP contribution in [-0.2, 0) is 16.6 Å². The van der Waals surface area contributed by atoms with Crippen LogP contribution in [0.3, 0.4) is 0 Å². The third-order valence-corrected chi connectivity index (χ3v) is 6.51. The fraction of sp³-hybridized carbons (Fsp3) is 0.312. The number of halogens is 2. The Labute approximate surface area is 180 Å². The zero-order valence-electron chi connectivity index (χ0n) is 14.5. The summed E-state index contributed by atoms with van der Waals surface area (Å²) in [5.41, 5.74) is 2.36. The molecule has 0 saturated heterocycles. The van der Waals surface area contributed by atoms with Crippen molar-refractivity contribution in [2.45, 2.75) is 17.7 Å². The lowest BCUT2D eigenvalue weighted by Gasteiger charge is -2.12. The van der Waals surface area contributed by atoms with E-state index in [9.17, 15) is 8.42 Å². The van der Waals surface area contributed by atoms with Crippen molar-refractivity contribution in [3.63, 3.8) is 0 Å². The Bertz CT molecular complexity index is 823. The van der Waals surface area contributed by atoms with Gasteiger partial charge in [-0.25, -0.2) is 13.1 Å². The van der Waals surface area contributed by atoms with Crippen molar-refractivity contribution in [3.8, 4) is 0 Å². The Hall–Kier alpha value is -0.880. The van der Waals surface area contributed by atoms with E-state index in [1.165, 1.54) is 11.6 Å². The summed E-state index contributed by atoms with van der Waals surface area (Å²) in [5, 5.41) is 6.25. The zero-order chi connectivity index (χ0) is 18.3. The molecule has 0 bridgehead atoms. The smallest absolute Gasteiger partial charge is 0.250 e. The quantitative estimate of drug-likeness (QED) is 0.223. The van der Waals surface area contributed by atoms with Crippen molar-refractivity contribution >= 4 is 62.9 Å². The highest BCUT2D eigenvalue weighted by Gasteiger charge is 2.15. The van der Waals surface area contributed by atoms with Crippen LogP contribution in [-0.4, -0.2) is 34.5 Å². The lowest BCUT2D eigenvalue weighted by atomic mass is 10.1. The highest BCUT2D eigenvalue weighted by molar-refractivity contribution is 14.0. The monoisotopic (exact) mass is 528 g/mol. The minimum atomic E-state index is -3.52. The second kappa shape index (κ2) is 11.1. The molecule has 0 unspecified atom stereocenters. The Kier molecular flexibility index (Phi) is 9.86. The van der Waals surface area contributed by atoms with Crippen molar-refractivity contribution in [1.29, 1.82) is 0 Å². The van der Waals surface area contributed by atoms with Gasteiger partial charge in [0.25, 0.3) is 0 Å². The van der Waals surface area contributed by atoms with E-state index in [0.717, 1.165) is 16.9 Å². The van der Waals surface area contributed by atoms with E-state index in [1.807, 2.05) is 6.92 Å². The second-order valence-corrected chi connectivity index (χ2v) is 9.00. The van der Waals surface area contributed by atoms with Gasteiger partial charge in [0.2, 0.25) is 10.0 Å². The van der Waals surface area contributed by atoms with E-state index in [0.29, 0.717) is 23.4 Å². The molecule has 0 amide bonds. The number of aryl methyl sites for hydroxylation is 1. The number of hydrogen-bond acceptors (Lipinski definition) is 4. The molecule has 0 aliphatic carbocycles. The molecule has 144 valence electrons. The summed E-state index contributed by atoms with van der Waals surface area (Å²) in [6.07, 6.45) is 0. The van der Waals surface area contributed by atoms with Gasteiger partial charge in [-0.2, -0.15) is 0 Å². The molecule has 0 aliphatic heterocycles. The van der Waals surface area contributed by atoms with E-state index in [-0.39, 0.29) is 34.7 Å². The van der Waals surface area contributed by atoms with Gasteiger partial charge in [0.15, 0.2) is 5.96 Å². The largest absolute Gasteiger partial charge is 0.355 e. The summed E-state index contributed by atoms with van der Waals surface area (Å²) >= 11 is 6.80. The highest BCUT2D eigenvalue weighted by Crippen LogP contribution is 2.25. The predicted octanol–water partition coefficient (Wildman–Crippen LogP) is 2.97. The van der Waals surface area contributed by atoms with E-state index < -0.39 is 10.0 Å². The standard InChI is InChI=1S/C16H21ClN4O2S2.HI/c1-12-3-5-13(6-4-12)11-20-16(18-2)19-9-10-21-25(22,23)15-8-7-14(17)24-15;/h3-8,21H,9-11H2,1-2H3,(H2,18,19,20);1H. The molecule has 0 saturated carbocycles. The van der Waals surface area contributed by atoms with Gasteiger partial charge in [-0.15, -0.1) is 35.3 Å². The fourth-order valence-electron chi connectivity index (χ4n) is 1.99. The second-order valence-electron chi connectivity index (χ2n) is 5.29. The molecule has 3 N–H and O–H groups in total. The van der Waals surface area contributed by atoms with E-state index in [2.05, 4.69) is 44.6 Å². The van der Waals surface area contributed by atoms with Gasteiger partial charge in [0.05, 0.1) is 4.34 Å². The van der Waals surface area contributed by atoms with Gasteiger partial charge >= 0.3 is 0 Å². The first kappa shape index (κ1) is 23.2. The molecule has 0 radical (unpaired) electrons. The molecule has 0 fully saturated rings. The third kappa shape index (κ3) is 7.39. The summed E-state index contributed by atoms with van der Waals surface area (Å²) < 4.78 is 27.3. The number of thiophene rings is 1. The average molecular weight is 529 g/mol. The maximum absolute atomic E-state index is 12.1. The van der Waals surface area contributed by atoms with Crippen molar-refractivity contribution in [2.75, 3.05) is 20.1 Å². The van der Waals surface area contributed by atoms with Gasteiger partial charge in [-0.1, -0.05) is 41.4 Å². The SMILES string of the molecule is CN=C(NCCNS(=O)(=O)c1ccc(Cl)s1)NCc1ccc(C)cc1.I. The van der Waals surface area contributed by atoms with Gasteiger partial charge in [0.1, 0.15) is 4.21 Å². The molecule has 26 heavy (non-hydrogen) atoms. The number of nitrogens with one attached hydrogen (secondary N) is 3. The molecule has 0 aliphatic rings. The molecule has 1 heterocycles. The molecule has 0 atom stereocenters. The van der Waals surface area contributed by atoms with E-state index in [4.69, 9.17) is 11.6 Å². The van der Waals surface area contributed by atoms with E-state index in [1.54, 1.807) is 13.1 Å². The first-order chi connectivity index (χ1) is 11.9. The molecule has 10 heteroatoms. The summed E-state index contributed by atoms with van der Waals surface area (Å²) in [6, 6.07) is 11.3. The normalized spacial score (nSPS) is 11.7. The van der Waals surface area contributed by atoms with Gasteiger partial charge in [0, 0.05) is 26.7 Å². The fourth-order valence-corrected chi connectivity index (χ4v) is 4.55. The maximum atomic E-state index is 12.1. The number of nitrogens with zero attached hydrogens (tertiary/aromatic N) is 1. The molecular formula is C16H22ClIN4O2S2. The van der Waals surface area contributed by atoms with E-state index >= 15 is 0 Å². The van der Waals surface area contributed by atoms with Crippen LogP contribution in [0.4, 0.5) is 0 Å². The van der Waals surface area contributed by atoms with Crippen LogP contribution in [0.1, 0.15) is 11.1 Å². The molecule has 0 spiro atoms. The van der Waals surface area contributed by atoms with Crippen LogP contribution < -0.4 is 15.4 Å². The van der Waals surface area contributed by atoms with Crippen LogP contribution in [0.15, 0.2) is 45.6 Å². The minimum Gasteiger partial charge on any atom is -0.355 e. The molecule has 6 nitrogen and oxygen atoms in total. The third-order valence-electron chi connectivity index (χ3n) is 3.33. The molecular weight excluding hydrogens is 507 g/mol. The average Bonchev–Trinajstić information content (AvgIpc) is 3.03. The number of guanidine groups is 1. The van der Waals surface area contributed by atoms with Gasteiger partial charge in [-0.05, 0) is 24.6 Å². The highest BCUT2D eigenvalue weighted by atomic mass is 127. The lowest BCUT2D eigenvalue weighted by Crippen LogP contribution is -2.41. The molecule has 2 rings (SSSR count). The number of sulfonamides is 1. The lowest BCUT2D eigenvalue weighted by molar-refractivity contribution is 0.582. The Balaban J connectivity index is 0.00000338. The van der Waals surface area contributed by atoms with Crippen molar-refractivity contribution in [3.05, 3.63) is 51.9 Å². The minimum absolute atomic E-state index is 0. The maximum Gasteiger partial charge on any atom is 0.250 e. The number of hydrogen-bond donors (Lipinski definition) is 3. The van der Waals surface area contributed by atoms with Crippen LogP contribution >= 0.6 is 46.9 Å². The number of benzene rings is 1. The molecule has 1 aromatic heterocycles. The van der Waals surface area contributed by atoms with Gasteiger partial charge in [-0.3, -0.25) is 4.99 Å². The van der Waals surface area contributed by atoms with Crippen LogP contribution in [0.5, 0.6) is 0 Å². The first-order valence-electron chi connectivity index (χ1n) is 7.66. The molecule has 1 aromatic carbocycles. The summed E-state index contributed by atoms with van der Waals surface area (Å²) in [6.45, 7) is 3.33. The van der Waals surface area contributed by atoms with Crippen LogP contribution in [0.25, 0.3) is 0 Å². The molecule has 2 aromatic rings. The first-order valence-corrected chi connectivity index (χ1v) is 10.3. The topological polar surface area (TPSA) is 82.6 Å². The van der Waals surface area contributed by atoms with Gasteiger partial charge < -0.3 is 10.6 Å². The van der Waals surface area contributed by atoms with Crippen LogP contribution in [0.2, 0.25) is 4.34 Å². The summed E-state index contributed by atoms with van der Waals surface area (Å²) in [5.74, 6) is 0.610. The Morgan fingerprint density at radius 3 is 2.38 bits per heavy atom. The summed E-state index contributed by atoms with van der Waals surface area (Å²) in [4.78, 5) is 4.12. The Morgan fingerprint density at radius 2 is 1.81 bits per heavy atom. The number of rotatable bonds is 7. The summed E-state index contributed by atoms with van der Waals surface area (Å²) in [7, 11) is -1.85. The van der Waals surface area contributed by atoms with Crippen molar-refractivity contribution in [1.82, 2.24) is 15.4 Å². The Morgan fingerprint density at radius 1 is 1.12 bits per heavy atom.